The maximum atomic E-state index is 6.81. The second kappa shape index (κ2) is 6.69. The normalized spacial score (nSPS) is 29.2. The lowest BCUT2D eigenvalue weighted by Gasteiger charge is -2.43. The fourth-order valence-corrected chi connectivity index (χ4v) is 3.41. The van der Waals surface area contributed by atoms with Crippen molar-refractivity contribution in [3.8, 4) is 11.5 Å². The molecule has 1 fully saturated rings. The predicted molar refractivity (Wildman–Crippen MR) is 86.8 cm³/mol. The Hall–Kier alpha value is -1.22. The van der Waals surface area contributed by atoms with Crippen LogP contribution >= 0.6 is 0 Å². The first-order chi connectivity index (χ1) is 10.0. The summed E-state index contributed by atoms with van der Waals surface area (Å²) in [5.74, 6) is 2.78. The van der Waals surface area contributed by atoms with E-state index in [1.165, 1.54) is 18.4 Å². The van der Waals surface area contributed by atoms with E-state index >= 15 is 0 Å². The fourth-order valence-electron chi connectivity index (χ4n) is 3.41. The van der Waals surface area contributed by atoms with E-state index in [-0.39, 0.29) is 5.54 Å². The summed E-state index contributed by atoms with van der Waals surface area (Å²) in [6.07, 6.45) is 3.50. The van der Waals surface area contributed by atoms with Crippen molar-refractivity contribution in [2.24, 2.45) is 17.6 Å². The van der Waals surface area contributed by atoms with Crippen molar-refractivity contribution in [2.75, 3.05) is 13.2 Å². The maximum absolute atomic E-state index is 6.81. The first-order valence-corrected chi connectivity index (χ1v) is 8.20. The molecule has 1 saturated carbocycles. The molecule has 0 aliphatic heterocycles. The highest BCUT2D eigenvalue weighted by atomic mass is 16.5. The van der Waals surface area contributed by atoms with Crippen LogP contribution in [0.25, 0.3) is 0 Å². The van der Waals surface area contributed by atoms with Crippen LogP contribution in [0.2, 0.25) is 0 Å². The Morgan fingerprint density at radius 3 is 2.43 bits per heavy atom. The van der Waals surface area contributed by atoms with E-state index in [0.29, 0.717) is 25.0 Å². The Kier molecular flexibility index (Phi) is 5.15. The molecule has 0 amide bonds. The zero-order valence-electron chi connectivity index (χ0n) is 13.8. The lowest BCUT2D eigenvalue weighted by Crippen LogP contribution is -2.47. The molecule has 1 aromatic carbocycles. The SMILES string of the molecule is CCOc1ccc(C2(N)CC(C)CCC2C)cc1OCC. The van der Waals surface area contributed by atoms with Gasteiger partial charge in [-0.2, -0.15) is 0 Å². The summed E-state index contributed by atoms with van der Waals surface area (Å²) >= 11 is 0. The van der Waals surface area contributed by atoms with Gasteiger partial charge in [-0.25, -0.2) is 0 Å². The molecule has 21 heavy (non-hydrogen) atoms. The maximum Gasteiger partial charge on any atom is 0.161 e. The minimum atomic E-state index is -0.256. The Bertz CT molecular complexity index is 474. The van der Waals surface area contributed by atoms with Gasteiger partial charge >= 0.3 is 0 Å². The number of benzene rings is 1. The van der Waals surface area contributed by atoms with E-state index in [2.05, 4.69) is 26.0 Å². The van der Waals surface area contributed by atoms with Crippen LogP contribution in [-0.4, -0.2) is 13.2 Å². The summed E-state index contributed by atoms with van der Waals surface area (Å²) in [4.78, 5) is 0. The first-order valence-electron chi connectivity index (χ1n) is 8.20. The molecule has 0 bridgehead atoms. The third-order valence-corrected chi connectivity index (χ3v) is 4.74. The molecule has 0 aromatic heterocycles. The van der Waals surface area contributed by atoms with Crippen molar-refractivity contribution in [1.29, 1.82) is 0 Å². The van der Waals surface area contributed by atoms with E-state index in [9.17, 15) is 0 Å². The van der Waals surface area contributed by atoms with Gasteiger partial charge in [0, 0.05) is 5.54 Å². The monoisotopic (exact) mass is 291 g/mol. The molecule has 3 atom stereocenters. The van der Waals surface area contributed by atoms with Crippen molar-refractivity contribution < 1.29 is 9.47 Å². The van der Waals surface area contributed by atoms with Gasteiger partial charge in [-0.15, -0.1) is 0 Å². The molecule has 2 rings (SSSR count). The highest BCUT2D eigenvalue weighted by molar-refractivity contribution is 5.45. The van der Waals surface area contributed by atoms with Gasteiger partial charge in [-0.1, -0.05) is 26.3 Å². The van der Waals surface area contributed by atoms with Gasteiger partial charge in [0.05, 0.1) is 13.2 Å². The Morgan fingerprint density at radius 1 is 1.10 bits per heavy atom. The summed E-state index contributed by atoms with van der Waals surface area (Å²) in [7, 11) is 0. The second-order valence-electron chi connectivity index (χ2n) is 6.36. The molecule has 3 unspecified atom stereocenters. The van der Waals surface area contributed by atoms with Crippen LogP contribution < -0.4 is 15.2 Å². The molecule has 0 saturated heterocycles. The average Bonchev–Trinajstić information content (AvgIpc) is 2.45. The third kappa shape index (κ3) is 3.34. The summed E-state index contributed by atoms with van der Waals surface area (Å²) in [5, 5.41) is 0. The van der Waals surface area contributed by atoms with Gasteiger partial charge in [0.25, 0.3) is 0 Å². The first kappa shape index (κ1) is 16.2. The van der Waals surface area contributed by atoms with Crippen LogP contribution in [0.3, 0.4) is 0 Å². The van der Waals surface area contributed by atoms with E-state index in [1.54, 1.807) is 0 Å². The summed E-state index contributed by atoms with van der Waals surface area (Å²) in [6.45, 7) is 9.81. The number of nitrogens with two attached hydrogens (primary N) is 1. The lowest BCUT2D eigenvalue weighted by atomic mass is 9.67. The number of ether oxygens (including phenoxy) is 2. The standard InChI is InChI=1S/C18H29NO2/c1-5-20-16-10-9-15(11-17(16)21-6-2)18(19)12-13(3)7-8-14(18)4/h9-11,13-14H,5-8,12,19H2,1-4H3. The van der Waals surface area contributed by atoms with Crippen molar-refractivity contribution in [1.82, 2.24) is 0 Å². The van der Waals surface area contributed by atoms with Crippen molar-refractivity contribution >= 4 is 0 Å². The van der Waals surface area contributed by atoms with Crippen LogP contribution in [0.5, 0.6) is 11.5 Å². The van der Waals surface area contributed by atoms with Gasteiger partial charge in [0.15, 0.2) is 11.5 Å². The molecule has 1 aliphatic rings. The highest BCUT2D eigenvalue weighted by Crippen LogP contribution is 2.44. The second-order valence-corrected chi connectivity index (χ2v) is 6.36. The smallest absolute Gasteiger partial charge is 0.161 e. The van der Waals surface area contributed by atoms with Crippen molar-refractivity contribution in [3.63, 3.8) is 0 Å². The fraction of sp³-hybridized carbons (Fsp3) is 0.667. The summed E-state index contributed by atoms with van der Waals surface area (Å²) in [5.41, 5.74) is 7.73. The lowest BCUT2D eigenvalue weighted by molar-refractivity contribution is 0.161. The molecule has 0 heterocycles. The topological polar surface area (TPSA) is 44.5 Å². The van der Waals surface area contributed by atoms with E-state index in [0.717, 1.165) is 17.9 Å². The van der Waals surface area contributed by atoms with Gasteiger partial charge in [0.2, 0.25) is 0 Å². The van der Waals surface area contributed by atoms with Gasteiger partial charge in [-0.05, 0) is 56.2 Å². The number of rotatable bonds is 5. The molecule has 0 radical (unpaired) electrons. The third-order valence-electron chi connectivity index (χ3n) is 4.74. The van der Waals surface area contributed by atoms with Crippen molar-refractivity contribution in [3.05, 3.63) is 23.8 Å². The molecular formula is C18H29NO2. The molecule has 1 aromatic rings. The van der Waals surface area contributed by atoms with Crippen LogP contribution in [-0.2, 0) is 5.54 Å². The van der Waals surface area contributed by atoms with Gasteiger partial charge < -0.3 is 15.2 Å². The Labute approximate surface area is 128 Å². The minimum absolute atomic E-state index is 0.256. The van der Waals surface area contributed by atoms with E-state index in [4.69, 9.17) is 15.2 Å². The van der Waals surface area contributed by atoms with Gasteiger partial charge in [0.1, 0.15) is 0 Å². The van der Waals surface area contributed by atoms with Crippen LogP contribution in [0.15, 0.2) is 18.2 Å². The Morgan fingerprint density at radius 2 is 1.76 bits per heavy atom. The molecule has 1 aliphatic carbocycles. The minimum Gasteiger partial charge on any atom is -0.490 e. The summed E-state index contributed by atoms with van der Waals surface area (Å²) < 4.78 is 11.4. The molecular weight excluding hydrogens is 262 g/mol. The molecule has 3 heteroatoms. The zero-order chi connectivity index (χ0) is 15.5. The largest absolute Gasteiger partial charge is 0.490 e. The molecule has 118 valence electrons. The molecule has 3 nitrogen and oxygen atoms in total. The highest BCUT2D eigenvalue weighted by Gasteiger charge is 2.39. The van der Waals surface area contributed by atoms with Crippen molar-refractivity contribution in [2.45, 2.75) is 52.5 Å². The quantitative estimate of drug-likeness (QED) is 0.888. The van der Waals surface area contributed by atoms with E-state index < -0.39 is 0 Å². The Balaban J connectivity index is 2.36. The van der Waals surface area contributed by atoms with E-state index in [1.807, 2.05) is 19.9 Å². The zero-order valence-corrected chi connectivity index (χ0v) is 13.8. The number of hydrogen-bond donors (Lipinski definition) is 1. The molecule has 0 spiro atoms. The predicted octanol–water partition coefficient (Wildman–Crippen LogP) is 4.09. The van der Waals surface area contributed by atoms with Crippen LogP contribution in [0, 0.1) is 11.8 Å². The number of hydrogen-bond acceptors (Lipinski definition) is 3. The van der Waals surface area contributed by atoms with Crippen LogP contribution in [0.4, 0.5) is 0 Å². The molecule has 2 N–H and O–H groups in total. The average molecular weight is 291 g/mol. The van der Waals surface area contributed by atoms with Gasteiger partial charge in [-0.3, -0.25) is 0 Å². The van der Waals surface area contributed by atoms with Crippen LogP contribution in [0.1, 0.15) is 52.5 Å². The summed E-state index contributed by atoms with van der Waals surface area (Å²) in [6, 6.07) is 6.20.